The van der Waals surface area contributed by atoms with Crippen LogP contribution >= 0.6 is 27.3 Å². The Morgan fingerprint density at radius 3 is 2.92 bits per heavy atom. The number of aliphatic hydroxyl groups excluding tert-OH is 1. The normalized spacial score (nSPS) is 12.1. The third kappa shape index (κ3) is 2.44. The summed E-state index contributed by atoms with van der Waals surface area (Å²) in [6.07, 6.45) is 2.94. The van der Waals surface area contributed by atoms with Crippen molar-refractivity contribution in [3.8, 4) is 0 Å². The van der Waals surface area contributed by atoms with Gasteiger partial charge in [-0.3, -0.25) is 0 Å². The molecule has 1 rings (SSSR count). The molecule has 66 valence electrons. The van der Waals surface area contributed by atoms with Crippen LogP contribution < -0.4 is 0 Å². The summed E-state index contributed by atoms with van der Waals surface area (Å²) in [7, 11) is 0. The Morgan fingerprint density at radius 1 is 1.75 bits per heavy atom. The van der Waals surface area contributed by atoms with Gasteiger partial charge >= 0.3 is 0 Å². The van der Waals surface area contributed by atoms with Crippen LogP contribution in [0.3, 0.4) is 0 Å². The van der Waals surface area contributed by atoms with E-state index in [1.54, 1.807) is 11.3 Å². The summed E-state index contributed by atoms with van der Waals surface area (Å²) in [6.45, 7) is 2.20. The number of thiophene rings is 1. The maximum atomic E-state index is 8.94. The highest BCUT2D eigenvalue weighted by molar-refractivity contribution is 9.10. The minimum atomic E-state index is 0.154. The minimum Gasteiger partial charge on any atom is -0.392 e. The zero-order valence-electron chi connectivity index (χ0n) is 6.88. The van der Waals surface area contributed by atoms with Gasteiger partial charge in [0.05, 0.1) is 6.61 Å². The van der Waals surface area contributed by atoms with Crippen molar-refractivity contribution in [3.05, 3.63) is 26.4 Å². The van der Waals surface area contributed by atoms with E-state index in [-0.39, 0.29) is 6.61 Å². The molecule has 0 bridgehead atoms. The summed E-state index contributed by atoms with van der Waals surface area (Å²) >= 11 is 5.11. The Hall–Kier alpha value is -0.120. The first kappa shape index (κ1) is 9.96. The smallest absolute Gasteiger partial charge is 0.0645 e. The van der Waals surface area contributed by atoms with Gasteiger partial charge in [-0.15, -0.1) is 11.3 Å². The monoisotopic (exact) mass is 246 g/mol. The Kier molecular flexibility index (Phi) is 3.98. The van der Waals surface area contributed by atoms with Crippen LogP contribution in [0, 0.1) is 0 Å². The molecule has 3 heteroatoms. The fraction of sp³-hybridized carbons (Fsp3) is 0.333. The van der Waals surface area contributed by atoms with E-state index in [2.05, 4.69) is 15.9 Å². The van der Waals surface area contributed by atoms with Crippen molar-refractivity contribution < 1.29 is 5.11 Å². The highest BCUT2D eigenvalue weighted by atomic mass is 79.9. The maximum Gasteiger partial charge on any atom is 0.0645 e. The van der Waals surface area contributed by atoms with Crippen molar-refractivity contribution in [2.45, 2.75) is 13.3 Å². The predicted molar refractivity (Wildman–Crippen MR) is 57.4 cm³/mol. The second kappa shape index (κ2) is 4.80. The van der Waals surface area contributed by atoms with E-state index >= 15 is 0 Å². The van der Waals surface area contributed by atoms with E-state index in [0.29, 0.717) is 0 Å². The molecule has 0 atom stereocenters. The molecule has 0 spiro atoms. The summed E-state index contributed by atoms with van der Waals surface area (Å²) in [5, 5.41) is 11.0. The van der Waals surface area contributed by atoms with Gasteiger partial charge in [-0.05, 0) is 45.4 Å². The van der Waals surface area contributed by atoms with Crippen molar-refractivity contribution in [2.75, 3.05) is 6.61 Å². The van der Waals surface area contributed by atoms with Crippen LogP contribution in [0.5, 0.6) is 0 Å². The molecule has 12 heavy (non-hydrogen) atoms. The van der Waals surface area contributed by atoms with E-state index in [4.69, 9.17) is 5.11 Å². The SMILES string of the molecule is CC/C(=C/c1sccc1Br)CO. The van der Waals surface area contributed by atoms with Crippen LogP contribution in [0.2, 0.25) is 0 Å². The summed E-state index contributed by atoms with van der Waals surface area (Å²) in [5.41, 5.74) is 1.07. The average Bonchev–Trinajstić information content (AvgIpc) is 2.47. The van der Waals surface area contributed by atoms with Gasteiger partial charge in [-0.1, -0.05) is 6.92 Å². The second-order valence-electron chi connectivity index (χ2n) is 2.45. The molecule has 0 aliphatic carbocycles. The second-order valence-corrected chi connectivity index (χ2v) is 4.25. The molecule has 0 saturated heterocycles. The number of rotatable bonds is 3. The molecule has 0 unspecified atom stereocenters. The molecule has 1 heterocycles. The van der Waals surface area contributed by atoms with E-state index in [9.17, 15) is 0 Å². The highest BCUT2D eigenvalue weighted by Gasteiger charge is 1.98. The third-order valence-corrected chi connectivity index (χ3v) is 3.46. The lowest BCUT2D eigenvalue weighted by atomic mass is 10.2. The summed E-state index contributed by atoms with van der Waals surface area (Å²) in [4.78, 5) is 1.18. The molecule has 1 nitrogen and oxygen atoms in total. The summed E-state index contributed by atoms with van der Waals surface area (Å²) < 4.78 is 1.10. The molecule has 1 aromatic heterocycles. The summed E-state index contributed by atoms with van der Waals surface area (Å²) in [5.74, 6) is 0. The predicted octanol–water partition coefficient (Wildman–Crippen LogP) is 3.30. The largest absolute Gasteiger partial charge is 0.392 e. The summed E-state index contributed by atoms with van der Waals surface area (Å²) in [6, 6.07) is 2.02. The number of hydrogen-bond donors (Lipinski definition) is 1. The lowest BCUT2D eigenvalue weighted by Gasteiger charge is -1.97. The van der Waals surface area contributed by atoms with E-state index in [0.717, 1.165) is 16.5 Å². The molecular weight excluding hydrogens is 236 g/mol. The molecule has 1 aromatic rings. The first-order valence-corrected chi connectivity index (χ1v) is 5.48. The number of hydrogen-bond acceptors (Lipinski definition) is 2. The van der Waals surface area contributed by atoms with Gasteiger partial charge in [0.15, 0.2) is 0 Å². The molecule has 1 N–H and O–H groups in total. The lowest BCUT2D eigenvalue weighted by molar-refractivity contribution is 0.329. The third-order valence-electron chi connectivity index (χ3n) is 1.64. The number of halogens is 1. The zero-order valence-corrected chi connectivity index (χ0v) is 9.28. The topological polar surface area (TPSA) is 20.2 Å². The molecule has 0 aliphatic rings. The van der Waals surface area contributed by atoms with E-state index in [1.165, 1.54) is 4.88 Å². The van der Waals surface area contributed by atoms with Crippen LogP contribution in [-0.4, -0.2) is 11.7 Å². The quantitative estimate of drug-likeness (QED) is 0.868. The van der Waals surface area contributed by atoms with Crippen LogP contribution in [0.15, 0.2) is 21.5 Å². The van der Waals surface area contributed by atoms with Gasteiger partial charge in [0.2, 0.25) is 0 Å². The van der Waals surface area contributed by atoms with Gasteiger partial charge in [0.25, 0.3) is 0 Å². The molecule has 0 aromatic carbocycles. The zero-order chi connectivity index (χ0) is 8.97. The molecule has 0 radical (unpaired) electrons. The molecular formula is C9H11BrOS. The Balaban J connectivity index is 2.85. The van der Waals surface area contributed by atoms with E-state index < -0.39 is 0 Å². The molecule has 0 saturated carbocycles. The Labute approximate surface area is 84.9 Å². The van der Waals surface area contributed by atoms with Crippen LogP contribution in [0.1, 0.15) is 18.2 Å². The average molecular weight is 247 g/mol. The van der Waals surface area contributed by atoms with Crippen molar-refractivity contribution >= 4 is 33.3 Å². The van der Waals surface area contributed by atoms with E-state index in [1.807, 2.05) is 24.4 Å². The fourth-order valence-electron chi connectivity index (χ4n) is 0.853. The molecule has 0 amide bonds. The molecule has 0 aliphatic heterocycles. The van der Waals surface area contributed by atoms with Gasteiger partial charge < -0.3 is 5.11 Å². The van der Waals surface area contributed by atoms with Gasteiger partial charge in [-0.2, -0.15) is 0 Å². The standard InChI is InChI=1S/C9H11BrOS/c1-2-7(6-11)5-9-8(10)3-4-12-9/h3-5,11H,2,6H2,1H3/b7-5-. The van der Waals surface area contributed by atoms with Gasteiger partial charge in [0, 0.05) is 9.35 Å². The molecule has 0 fully saturated rings. The fourth-order valence-corrected chi connectivity index (χ4v) is 2.32. The van der Waals surface area contributed by atoms with Crippen molar-refractivity contribution in [1.82, 2.24) is 0 Å². The van der Waals surface area contributed by atoms with Gasteiger partial charge in [0.1, 0.15) is 0 Å². The Bertz CT molecular complexity index is 272. The lowest BCUT2D eigenvalue weighted by Crippen LogP contribution is -1.86. The maximum absolute atomic E-state index is 8.94. The van der Waals surface area contributed by atoms with Gasteiger partial charge in [-0.25, -0.2) is 0 Å². The van der Waals surface area contributed by atoms with Crippen molar-refractivity contribution in [3.63, 3.8) is 0 Å². The number of aliphatic hydroxyl groups is 1. The van der Waals surface area contributed by atoms with Crippen molar-refractivity contribution in [2.24, 2.45) is 0 Å². The van der Waals surface area contributed by atoms with Crippen LogP contribution in [0.4, 0.5) is 0 Å². The van der Waals surface area contributed by atoms with Crippen LogP contribution in [0.25, 0.3) is 6.08 Å². The first-order chi connectivity index (χ1) is 5.77. The minimum absolute atomic E-state index is 0.154. The highest BCUT2D eigenvalue weighted by Crippen LogP contribution is 2.25. The Morgan fingerprint density at radius 2 is 2.50 bits per heavy atom. The van der Waals surface area contributed by atoms with Crippen LogP contribution in [-0.2, 0) is 0 Å². The first-order valence-electron chi connectivity index (χ1n) is 3.81. The van der Waals surface area contributed by atoms with Crippen molar-refractivity contribution in [1.29, 1.82) is 0 Å².